The van der Waals surface area contributed by atoms with Crippen LogP contribution in [0.15, 0.2) is 42.5 Å². The average Bonchev–Trinajstić information content (AvgIpc) is 3.19. The van der Waals surface area contributed by atoms with Crippen molar-refractivity contribution in [3.8, 4) is 5.69 Å². The Kier molecular flexibility index (Phi) is 6.11. The van der Waals surface area contributed by atoms with Crippen molar-refractivity contribution >= 4 is 28.7 Å². The number of carboxylic acids is 1. The monoisotopic (exact) mass is 438 g/mol. The molecule has 0 spiro atoms. The van der Waals surface area contributed by atoms with Crippen molar-refractivity contribution in [1.82, 2.24) is 14.5 Å². The number of benzene rings is 2. The number of fused-ring (bicyclic) bond motifs is 1. The summed E-state index contributed by atoms with van der Waals surface area (Å²) in [5.74, 6) is -0.805. The van der Waals surface area contributed by atoms with Crippen LogP contribution in [0.4, 0.5) is 5.69 Å². The van der Waals surface area contributed by atoms with Gasteiger partial charge in [-0.25, -0.2) is 9.78 Å². The molecule has 1 aromatic heterocycles. The number of aromatic carboxylic acids is 1. The van der Waals surface area contributed by atoms with Gasteiger partial charge in [0.05, 0.1) is 30.3 Å². The van der Waals surface area contributed by atoms with Crippen molar-refractivity contribution in [2.24, 2.45) is 0 Å². The zero-order chi connectivity index (χ0) is 22.8. The smallest absolute Gasteiger partial charge is 0.335 e. The fraction of sp³-hybridized carbons (Fsp3) is 0.348. The molecule has 0 aliphatic carbocycles. The Labute approximate surface area is 185 Å². The van der Waals surface area contributed by atoms with Crippen LogP contribution in [0.1, 0.15) is 29.2 Å². The normalized spacial score (nSPS) is 15.7. The van der Waals surface area contributed by atoms with E-state index >= 15 is 0 Å². The summed E-state index contributed by atoms with van der Waals surface area (Å²) in [6.45, 7) is 4.99. The van der Waals surface area contributed by atoms with Crippen LogP contribution < -0.4 is 4.90 Å². The maximum absolute atomic E-state index is 11.5. The molecule has 2 aromatic carbocycles. The van der Waals surface area contributed by atoms with Gasteiger partial charge in [-0.3, -0.25) is 14.3 Å². The molecular weight excluding hydrogens is 412 g/mol. The highest BCUT2D eigenvalue weighted by atomic mass is 16.5. The summed E-state index contributed by atoms with van der Waals surface area (Å²) in [6, 6.07) is 12.7. The van der Waals surface area contributed by atoms with Crippen LogP contribution in [0, 0.1) is 0 Å². The third kappa shape index (κ3) is 4.30. The van der Waals surface area contributed by atoms with E-state index in [2.05, 4.69) is 14.8 Å². The number of imidazole rings is 1. The fourth-order valence-electron chi connectivity index (χ4n) is 4.02. The van der Waals surface area contributed by atoms with E-state index in [1.807, 2.05) is 28.8 Å². The molecule has 2 heterocycles. The number of hydrogen-bond acceptors (Lipinski definition) is 7. The zero-order valence-corrected chi connectivity index (χ0v) is 18.1. The molecule has 3 aromatic rings. The topological polar surface area (TPSA) is 108 Å². The molecule has 9 nitrogen and oxygen atoms in total. The minimum Gasteiger partial charge on any atom is -0.478 e. The molecular formula is C23H26N4O5. The van der Waals surface area contributed by atoms with Crippen LogP contribution in [0.25, 0.3) is 16.7 Å². The van der Waals surface area contributed by atoms with Crippen LogP contribution >= 0.6 is 0 Å². The number of ether oxygens (including phenoxy) is 1. The molecule has 1 unspecified atom stereocenters. The van der Waals surface area contributed by atoms with Gasteiger partial charge in [-0.1, -0.05) is 6.07 Å². The van der Waals surface area contributed by atoms with Crippen LogP contribution in [-0.2, 0) is 9.53 Å². The Hall–Kier alpha value is -3.43. The van der Waals surface area contributed by atoms with Gasteiger partial charge in [-0.05, 0) is 43.3 Å². The van der Waals surface area contributed by atoms with Crippen LogP contribution in [0.3, 0.4) is 0 Å². The molecule has 2 N–H and O–H groups in total. The number of rotatable bonds is 6. The molecule has 1 aliphatic rings. The standard InChI is InChI=1S/C23H26N4O5/c1-15(28)22-24-19-12-16(23(30)31)6-7-20(19)27(22)18-5-3-4-17(13-18)26-10-8-25(9-11-26)14-21(29)32-2/h3-7,12-13,15,28H,8-11,14H2,1-2H3,(H,30,31). The Balaban J connectivity index is 1.64. The van der Waals surface area contributed by atoms with Gasteiger partial charge in [0, 0.05) is 37.6 Å². The summed E-state index contributed by atoms with van der Waals surface area (Å²) < 4.78 is 6.62. The number of aliphatic hydroxyl groups excluding tert-OH is 1. The lowest BCUT2D eigenvalue weighted by molar-refractivity contribution is -0.142. The fourth-order valence-corrected chi connectivity index (χ4v) is 4.02. The number of aliphatic hydroxyl groups is 1. The Morgan fingerprint density at radius 2 is 1.81 bits per heavy atom. The predicted octanol–water partition coefficient (Wildman–Crippen LogP) is 2.07. The minimum absolute atomic E-state index is 0.151. The van der Waals surface area contributed by atoms with Gasteiger partial charge < -0.3 is 19.8 Å². The number of carboxylic acid groups (broad SMARTS) is 1. The van der Waals surface area contributed by atoms with Gasteiger partial charge in [0.25, 0.3) is 0 Å². The van der Waals surface area contributed by atoms with Gasteiger partial charge in [-0.2, -0.15) is 0 Å². The Morgan fingerprint density at radius 1 is 1.09 bits per heavy atom. The molecule has 0 saturated carbocycles. The predicted molar refractivity (Wildman–Crippen MR) is 119 cm³/mol. The van der Waals surface area contributed by atoms with Gasteiger partial charge >= 0.3 is 11.9 Å². The summed E-state index contributed by atoms with van der Waals surface area (Å²) in [7, 11) is 1.40. The number of carbonyl (C=O) groups excluding carboxylic acids is 1. The van der Waals surface area contributed by atoms with Gasteiger partial charge in [0.2, 0.25) is 0 Å². The first-order valence-corrected chi connectivity index (χ1v) is 10.5. The molecule has 168 valence electrons. The number of methoxy groups -OCH3 is 1. The minimum atomic E-state index is -1.02. The first kappa shape index (κ1) is 21.8. The van der Waals surface area contributed by atoms with E-state index in [4.69, 9.17) is 4.74 Å². The summed E-state index contributed by atoms with van der Waals surface area (Å²) in [5, 5.41) is 19.6. The van der Waals surface area contributed by atoms with E-state index in [0.29, 0.717) is 17.9 Å². The van der Waals surface area contributed by atoms with Crippen molar-refractivity contribution < 1.29 is 24.5 Å². The first-order chi connectivity index (χ1) is 15.4. The van der Waals surface area contributed by atoms with Crippen molar-refractivity contribution in [3.63, 3.8) is 0 Å². The highest BCUT2D eigenvalue weighted by molar-refractivity contribution is 5.93. The highest BCUT2D eigenvalue weighted by Crippen LogP contribution is 2.28. The number of anilines is 1. The maximum atomic E-state index is 11.5. The lowest BCUT2D eigenvalue weighted by atomic mass is 10.2. The van der Waals surface area contributed by atoms with Crippen molar-refractivity contribution in [2.45, 2.75) is 13.0 Å². The van der Waals surface area contributed by atoms with Gasteiger partial charge in [-0.15, -0.1) is 0 Å². The molecule has 1 atom stereocenters. The van der Waals surface area contributed by atoms with Gasteiger partial charge in [0.1, 0.15) is 11.9 Å². The van der Waals surface area contributed by atoms with Crippen LogP contribution in [-0.4, -0.2) is 76.4 Å². The molecule has 0 radical (unpaired) electrons. The van der Waals surface area contributed by atoms with E-state index in [1.54, 1.807) is 19.1 Å². The van der Waals surface area contributed by atoms with Crippen molar-refractivity contribution in [3.05, 3.63) is 53.9 Å². The lowest BCUT2D eigenvalue weighted by Crippen LogP contribution is -2.48. The lowest BCUT2D eigenvalue weighted by Gasteiger charge is -2.35. The number of esters is 1. The molecule has 9 heteroatoms. The van der Waals surface area contributed by atoms with E-state index in [0.717, 1.165) is 43.1 Å². The summed E-state index contributed by atoms with van der Waals surface area (Å²) in [6.07, 6.45) is -0.832. The number of piperazine rings is 1. The molecule has 4 rings (SSSR count). The van der Waals surface area contributed by atoms with Crippen LogP contribution in [0.5, 0.6) is 0 Å². The third-order valence-electron chi connectivity index (χ3n) is 5.71. The van der Waals surface area contributed by atoms with E-state index in [1.165, 1.54) is 13.2 Å². The number of nitrogens with zero attached hydrogens (tertiary/aromatic N) is 4. The molecule has 1 aliphatic heterocycles. The molecule has 0 bridgehead atoms. The first-order valence-electron chi connectivity index (χ1n) is 10.5. The SMILES string of the molecule is COC(=O)CN1CCN(c2cccc(-n3c(C(C)O)nc4cc(C(=O)O)ccc43)c2)CC1. The molecule has 1 fully saturated rings. The number of carbonyl (C=O) groups is 2. The van der Waals surface area contributed by atoms with Gasteiger partial charge in [0.15, 0.2) is 0 Å². The number of aromatic nitrogens is 2. The number of hydrogen-bond donors (Lipinski definition) is 2. The Bertz CT molecular complexity index is 1150. The quantitative estimate of drug-likeness (QED) is 0.563. The second-order valence-corrected chi connectivity index (χ2v) is 7.85. The largest absolute Gasteiger partial charge is 0.478 e. The second kappa shape index (κ2) is 8.97. The Morgan fingerprint density at radius 3 is 2.47 bits per heavy atom. The average molecular weight is 438 g/mol. The van der Waals surface area contributed by atoms with E-state index < -0.39 is 12.1 Å². The van der Waals surface area contributed by atoms with Crippen LogP contribution in [0.2, 0.25) is 0 Å². The highest BCUT2D eigenvalue weighted by Gasteiger charge is 2.21. The summed E-state index contributed by atoms with van der Waals surface area (Å²) >= 11 is 0. The molecule has 1 saturated heterocycles. The van der Waals surface area contributed by atoms with Crippen molar-refractivity contribution in [1.29, 1.82) is 0 Å². The zero-order valence-electron chi connectivity index (χ0n) is 18.1. The second-order valence-electron chi connectivity index (χ2n) is 7.85. The van der Waals surface area contributed by atoms with Crippen molar-refractivity contribution in [2.75, 3.05) is 44.7 Å². The molecule has 0 amide bonds. The van der Waals surface area contributed by atoms with E-state index in [9.17, 15) is 19.8 Å². The third-order valence-corrected chi connectivity index (χ3v) is 5.71. The summed E-state index contributed by atoms with van der Waals surface area (Å²) in [4.78, 5) is 31.7. The molecule has 32 heavy (non-hydrogen) atoms. The van der Waals surface area contributed by atoms with E-state index in [-0.39, 0.29) is 11.5 Å². The maximum Gasteiger partial charge on any atom is 0.335 e. The summed E-state index contributed by atoms with van der Waals surface area (Å²) in [5.41, 5.74) is 3.26.